The normalized spacial score (nSPS) is 18.9. The third-order valence-corrected chi connectivity index (χ3v) is 14.5. The van der Waals surface area contributed by atoms with Crippen LogP contribution in [0.1, 0.15) is 80.5 Å². The van der Waals surface area contributed by atoms with Crippen LogP contribution in [0.4, 0.5) is 22.7 Å². The fourth-order valence-corrected chi connectivity index (χ4v) is 10.2. The second-order valence-electron chi connectivity index (χ2n) is 16.8. The maximum atomic E-state index is 9.42. The highest BCUT2D eigenvalue weighted by atomic mass is 32.2. The van der Waals surface area contributed by atoms with Crippen LogP contribution in [0.15, 0.2) is 126 Å². The van der Waals surface area contributed by atoms with Crippen LogP contribution >= 0.6 is 11.8 Å². The first-order valence-electron chi connectivity index (χ1n) is 19.5. The van der Waals surface area contributed by atoms with E-state index in [4.69, 9.17) is 0 Å². The topological polar surface area (TPSA) is 39.1 Å². The predicted octanol–water partition coefficient (Wildman–Crippen LogP) is 12.7. The van der Waals surface area contributed by atoms with Gasteiger partial charge in [0, 0.05) is 39.8 Å². The van der Waals surface area contributed by atoms with Crippen LogP contribution in [-0.2, 0) is 11.8 Å². The Hall–Kier alpha value is -4.24. The fourth-order valence-electron chi connectivity index (χ4n) is 8.60. The van der Waals surface area contributed by atoms with E-state index in [1.807, 2.05) is 23.9 Å². The van der Waals surface area contributed by atoms with Crippen LogP contribution in [0.5, 0.6) is 0 Å². The highest BCUT2D eigenvalue weighted by Gasteiger charge is 2.42. The van der Waals surface area contributed by atoms with Crippen molar-refractivity contribution in [2.75, 3.05) is 22.2 Å². The summed E-state index contributed by atoms with van der Waals surface area (Å²) >= 11 is 1.90. The van der Waals surface area contributed by atoms with E-state index < -0.39 is 8.07 Å². The molecule has 0 radical (unpaired) electrons. The summed E-state index contributed by atoms with van der Waals surface area (Å²) in [6.07, 6.45) is 17.7. The molecule has 3 aliphatic carbocycles. The van der Waals surface area contributed by atoms with Crippen molar-refractivity contribution in [3.05, 3.63) is 148 Å². The molecule has 3 nitrogen and oxygen atoms in total. The molecule has 272 valence electrons. The molecule has 0 heterocycles. The number of nitrogens with one attached hydrogen (secondary N) is 1. The van der Waals surface area contributed by atoms with Gasteiger partial charge in [0.2, 0.25) is 0 Å². The number of anilines is 4. The minimum atomic E-state index is -1.39. The number of hydrogen-bond donors (Lipinski definition) is 1. The van der Waals surface area contributed by atoms with Crippen molar-refractivity contribution >= 4 is 47.8 Å². The smallest absolute Gasteiger partial charge is 0.0991 e. The molecule has 0 amide bonds. The second-order valence-corrected chi connectivity index (χ2v) is 22.9. The van der Waals surface area contributed by atoms with E-state index >= 15 is 0 Å². The lowest BCUT2D eigenvalue weighted by atomic mass is 9.76. The average Bonchev–Trinajstić information content (AvgIpc) is 3.39. The molecule has 0 saturated carbocycles. The summed E-state index contributed by atoms with van der Waals surface area (Å²) in [7, 11) is -1.39. The maximum Gasteiger partial charge on any atom is 0.0991 e. The first-order chi connectivity index (χ1) is 25.5. The van der Waals surface area contributed by atoms with Gasteiger partial charge in [-0.25, -0.2) is 0 Å². The van der Waals surface area contributed by atoms with Gasteiger partial charge in [-0.1, -0.05) is 98.4 Å². The molecule has 0 bridgehead atoms. The molecule has 0 fully saturated rings. The summed E-state index contributed by atoms with van der Waals surface area (Å²) in [4.78, 5) is 2.42. The lowest BCUT2D eigenvalue weighted by molar-refractivity contribution is 0.435. The van der Waals surface area contributed by atoms with Crippen molar-refractivity contribution in [2.45, 2.75) is 89.8 Å². The lowest BCUT2D eigenvalue weighted by Gasteiger charge is -2.33. The standard InChI is InChI=1S/C48H55N3SSi/c1-48(2)46-31-36(15-27-44(46)45-28-18-39(32-47(45)48)50-38-16-9-35(10-17-38)29-30-52-3)8-7-34-11-19-40(20-12-34)51(41-21-13-37(33-49)14-22-41)42-23-25-43(26-24-42)53(4,5)6/h9-10,13-19,21-26,28,31-32,34,44,50H,7-8,11-12,20,27,29-30H2,1-6H3. The minimum absolute atomic E-state index is 0.0174. The van der Waals surface area contributed by atoms with Crippen LogP contribution in [0.2, 0.25) is 19.6 Å². The van der Waals surface area contributed by atoms with Crippen molar-refractivity contribution in [2.24, 2.45) is 5.92 Å². The van der Waals surface area contributed by atoms with E-state index in [0.29, 0.717) is 17.4 Å². The van der Waals surface area contributed by atoms with Crippen molar-refractivity contribution in [3.63, 3.8) is 0 Å². The van der Waals surface area contributed by atoms with Crippen molar-refractivity contribution in [1.29, 1.82) is 5.26 Å². The van der Waals surface area contributed by atoms with E-state index in [1.54, 1.807) is 5.57 Å². The molecule has 7 rings (SSSR count). The van der Waals surface area contributed by atoms with Gasteiger partial charge >= 0.3 is 0 Å². The van der Waals surface area contributed by atoms with Crippen LogP contribution in [0, 0.1) is 17.2 Å². The van der Waals surface area contributed by atoms with Gasteiger partial charge in [0.1, 0.15) is 0 Å². The summed E-state index contributed by atoms with van der Waals surface area (Å²) in [6, 6.07) is 35.6. The first kappa shape index (κ1) is 37.1. The van der Waals surface area contributed by atoms with Crippen molar-refractivity contribution in [3.8, 4) is 6.07 Å². The third-order valence-electron chi connectivity index (χ3n) is 11.9. The van der Waals surface area contributed by atoms with Crippen molar-refractivity contribution < 1.29 is 0 Å². The zero-order valence-corrected chi connectivity index (χ0v) is 34.3. The maximum absolute atomic E-state index is 9.42. The molecule has 4 aromatic rings. The van der Waals surface area contributed by atoms with Crippen LogP contribution in [0.25, 0.3) is 0 Å². The number of thioether (sulfide) groups is 1. The SMILES string of the molecule is CSCCc1ccc(Nc2ccc3c(c2)C(C)(C)C2=CC(CCC4CC=C(N(c5ccc(C#N)cc5)c5ccc([Si](C)(C)C)cc5)CC4)=CCC23)cc1. The monoisotopic (exact) mass is 733 g/mol. The fraction of sp³-hybridized carbons (Fsp3) is 0.354. The second kappa shape index (κ2) is 15.6. The Balaban J connectivity index is 1.01. The van der Waals surface area contributed by atoms with Gasteiger partial charge in [-0.2, -0.15) is 17.0 Å². The Morgan fingerprint density at radius 3 is 2.19 bits per heavy atom. The Bertz CT molecular complexity index is 2060. The number of hydrogen-bond acceptors (Lipinski definition) is 4. The number of allylic oxidation sites excluding steroid dienone is 6. The molecule has 5 heteroatoms. The molecule has 0 saturated heterocycles. The molecular weight excluding hydrogens is 679 g/mol. The molecule has 2 unspecified atom stereocenters. The molecule has 53 heavy (non-hydrogen) atoms. The Labute approximate surface area is 323 Å². The third kappa shape index (κ3) is 8.15. The van der Waals surface area contributed by atoms with E-state index in [-0.39, 0.29) is 5.41 Å². The quantitative estimate of drug-likeness (QED) is 0.147. The molecular formula is C48H55N3SSi. The molecule has 2 atom stereocenters. The molecule has 1 N–H and O–H groups in total. The van der Waals surface area contributed by atoms with Crippen LogP contribution in [0.3, 0.4) is 0 Å². The molecule has 0 aromatic heterocycles. The van der Waals surface area contributed by atoms with Crippen molar-refractivity contribution in [1.82, 2.24) is 0 Å². The van der Waals surface area contributed by atoms with Crippen LogP contribution < -0.4 is 15.4 Å². The van der Waals surface area contributed by atoms with E-state index in [9.17, 15) is 5.26 Å². The zero-order chi connectivity index (χ0) is 37.2. The van der Waals surface area contributed by atoms with E-state index in [1.165, 1.54) is 57.4 Å². The van der Waals surface area contributed by atoms with E-state index in [2.05, 4.69) is 153 Å². The van der Waals surface area contributed by atoms with Gasteiger partial charge in [-0.15, -0.1) is 0 Å². The number of rotatable bonds is 12. The highest BCUT2D eigenvalue weighted by molar-refractivity contribution is 7.98. The Morgan fingerprint density at radius 1 is 0.849 bits per heavy atom. The highest BCUT2D eigenvalue weighted by Crippen LogP contribution is 2.54. The number of benzene rings is 4. The number of nitriles is 1. The van der Waals surface area contributed by atoms with Gasteiger partial charge < -0.3 is 10.2 Å². The molecule has 3 aliphatic rings. The number of nitrogens with zero attached hydrogens (tertiary/aromatic N) is 2. The summed E-state index contributed by atoms with van der Waals surface area (Å²) in [5.74, 6) is 2.34. The Kier molecular flexibility index (Phi) is 10.9. The molecule has 0 spiro atoms. The van der Waals surface area contributed by atoms with Gasteiger partial charge in [0.15, 0.2) is 0 Å². The van der Waals surface area contributed by atoms with Gasteiger partial charge in [-0.3, -0.25) is 0 Å². The van der Waals surface area contributed by atoms with E-state index in [0.717, 1.165) is 49.2 Å². The Morgan fingerprint density at radius 2 is 1.55 bits per heavy atom. The summed E-state index contributed by atoms with van der Waals surface area (Å²) in [5, 5.41) is 14.6. The van der Waals surface area contributed by atoms with Crippen LogP contribution in [-0.4, -0.2) is 20.1 Å². The minimum Gasteiger partial charge on any atom is -0.356 e. The molecule has 0 aliphatic heterocycles. The van der Waals surface area contributed by atoms with Gasteiger partial charge in [0.25, 0.3) is 0 Å². The lowest BCUT2D eigenvalue weighted by Crippen LogP contribution is -2.37. The zero-order valence-electron chi connectivity index (χ0n) is 32.5. The summed E-state index contributed by atoms with van der Waals surface area (Å²) in [5.41, 5.74) is 14.2. The largest absolute Gasteiger partial charge is 0.356 e. The van der Waals surface area contributed by atoms with Gasteiger partial charge in [0.05, 0.1) is 19.7 Å². The van der Waals surface area contributed by atoms with Gasteiger partial charge in [-0.05, 0) is 140 Å². The first-order valence-corrected chi connectivity index (χ1v) is 24.4. The molecule has 4 aromatic carbocycles. The summed E-state index contributed by atoms with van der Waals surface area (Å²) in [6.45, 7) is 12.1. The number of fused-ring (bicyclic) bond motifs is 3. The summed E-state index contributed by atoms with van der Waals surface area (Å²) < 4.78 is 0. The average molecular weight is 734 g/mol. The number of aryl methyl sites for hydroxylation is 1. The predicted molar refractivity (Wildman–Crippen MR) is 232 cm³/mol.